The van der Waals surface area contributed by atoms with Crippen molar-refractivity contribution in [3.05, 3.63) is 35.4 Å². The van der Waals surface area contributed by atoms with E-state index in [-0.39, 0.29) is 5.91 Å². The van der Waals surface area contributed by atoms with E-state index in [0.717, 1.165) is 38.4 Å². The molecule has 1 aliphatic rings. The number of carbonyl (C=O) groups excluding carboxylic acids is 1. The summed E-state index contributed by atoms with van der Waals surface area (Å²) >= 11 is 5.70. The highest BCUT2D eigenvalue weighted by molar-refractivity contribution is 6.30. The number of carbonyl (C=O) groups is 1. The quantitative estimate of drug-likeness (QED) is 0.842. The van der Waals surface area contributed by atoms with E-state index < -0.39 is 5.38 Å². The molecule has 1 aliphatic heterocycles. The van der Waals surface area contributed by atoms with E-state index in [1.807, 2.05) is 0 Å². The zero-order chi connectivity index (χ0) is 14.4. The van der Waals surface area contributed by atoms with Crippen LogP contribution in [0.4, 0.5) is 0 Å². The van der Waals surface area contributed by atoms with Crippen LogP contribution < -0.4 is 5.32 Å². The number of morpholine rings is 1. The van der Waals surface area contributed by atoms with Gasteiger partial charge in [0, 0.05) is 26.2 Å². The molecule has 1 fully saturated rings. The topological polar surface area (TPSA) is 41.6 Å². The van der Waals surface area contributed by atoms with Crippen molar-refractivity contribution in [3.63, 3.8) is 0 Å². The molecular weight excluding hydrogens is 276 g/mol. The first-order valence-electron chi connectivity index (χ1n) is 6.95. The van der Waals surface area contributed by atoms with Gasteiger partial charge in [-0.1, -0.05) is 24.3 Å². The SMILES string of the molecule is C[C@H](Cl)C(=O)NCc1ccc(CN2CCOCC2)cc1. The van der Waals surface area contributed by atoms with E-state index in [9.17, 15) is 4.79 Å². The zero-order valence-electron chi connectivity index (χ0n) is 11.8. The van der Waals surface area contributed by atoms with Crippen LogP contribution in [0.15, 0.2) is 24.3 Å². The third-order valence-corrected chi connectivity index (χ3v) is 3.56. The van der Waals surface area contributed by atoms with Crippen LogP contribution >= 0.6 is 11.6 Å². The summed E-state index contributed by atoms with van der Waals surface area (Å²) in [5.74, 6) is -0.135. The minimum absolute atomic E-state index is 0.135. The Bertz CT molecular complexity index is 428. The van der Waals surface area contributed by atoms with Gasteiger partial charge in [0.05, 0.1) is 13.2 Å². The number of hydrogen-bond acceptors (Lipinski definition) is 3. The van der Waals surface area contributed by atoms with Crippen LogP contribution in [0.5, 0.6) is 0 Å². The number of alkyl halides is 1. The molecule has 0 radical (unpaired) electrons. The van der Waals surface area contributed by atoms with Crippen molar-refractivity contribution in [3.8, 4) is 0 Å². The van der Waals surface area contributed by atoms with Crippen molar-refractivity contribution in [2.75, 3.05) is 26.3 Å². The molecule has 1 saturated heterocycles. The average molecular weight is 297 g/mol. The number of hydrogen-bond donors (Lipinski definition) is 1. The molecular formula is C15H21ClN2O2. The lowest BCUT2D eigenvalue weighted by atomic mass is 10.1. The molecule has 0 aromatic heterocycles. The molecule has 110 valence electrons. The van der Waals surface area contributed by atoms with E-state index in [2.05, 4.69) is 34.5 Å². The van der Waals surface area contributed by atoms with Gasteiger partial charge in [0.25, 0.3) is 0 Å². The lowest BCUT2D eigenvalue weighted by Crippen LogP contribution is -2.35. The average Bonchev–Trinajstić information content (AvgIpc) is 2.47. The fraction of sp³-hybridized carbons (Fsp3) is 0.533. The van der Waals surface area contributed by atoms with Gasteiger partial charge in [-0.2, -0.15) is 0 Å². The summed E-state index contributed by atoms with van der Waals surface area (Å²) in [6, 6.07) is 8.33. The molecule has 20 heavy (non-hydrogen) atoms. The molecule has 0 bridgehead atoms. The Morgan fingerprint density at radius 2 is 1.90 bits per heavy atom. The smallest absolute Gasteiger partial charge is 0.238 e. The summed E-state index contributed by atoms with van der Waals surface area (Å²) in [5.41, 5.74) is 2.37. The summed E-state index contributed by atoms with van der Waals surface area (Å²) in [6.07, 6.45) is 0. The lowest BCUT2D eigenvalue weighted by Gasteiger charge is -2.26. The second-order valence-corrected chi connectivity index (χ2v) is 5.69. The number of halogens is 1. The van der Waals surface area contributed by atoms with E-state index in [1.165, 1.54) is 5.56 Å². The lowest BCUT2D eigenvalue weighted by molar-refractivity contribution is -0.120. The van der Waals surface area contributed by atoms with Crippen molar-refractivity contribution >= 4 is 17.5 Å². The maximum atomic E-state index is 11.4. The Morgan fingerprint density at radius 1 is 1.30 bits per heavy atom. The third-order valence-electron chi connectivity index (χ3n) is 3.36. The standard InChI is InChI=1S/C15H21ClN2O2/c1-12(16)15(19)17-10-13-2-4-14(5-3-13)11-18-6-8-20-9-7-18/h2-5,12H,6-11H2,1H3,(H,17,19)/t12-/m0/s1. The first-order chi connectivity index (χ1) is 9.65. The highest BCUT2D eigenvalue weighted by atomic mass is 35.5. The Kier molecular flexibility index (Phi) is 5.83. The minimum atomic E-state index is -0.490. The largest absolute Gasteiger partial charge is 0.379 e. The van der Waals surface area contributed by atoms with E-state index in [4.69, 9.17) is 16.3 Å². The molecule has 1 atom stereocenters. The van der Waals surface area contributed by atoms with Gasteiger partial charge in [-0.15, -0.1) is 11.6 Å². The highest BCUT2D eigenvalue weighted by Crippen LogP contribution is 2.09. The van der Waals surface area contributed by atoms with Gasteiger partial charge < -0.3 is 10.1 Å². The predicted octanol–water partition coefficient (Wildman–Crippen LogP) is 1.76. The Morgan fingerprint density at radius 3 is 2.50 bits per heavy atom. The van der Waals surface area contributed by atoms with Gasteiger partial charge in [0.15, 0.2) is 0 Å². The molecule has 4 nitrogen and oxygen atoms in total. The fourth-order valence-corrected chi connectivity index (χ4v) is 2.19. The molecule has 1 heterocycles. The van der Waals surface area contributed by atoms with Crippen LogP contribution in [0.1, 0.15) is 18.1 Å². The van der Waals surface area contributed by atoms with Gasteiger partial charge in [-0.25, -0.2) is 0 Å². The normalized spacial score (nSPS) is 17.7. The van der Waals surface area contributed by atoms with E-state index >= 15 is 0 Å². The van der Waals surface area contributed by atoms with Crippen molar-refractivity contribution in [1.29, 1.82) is 0 Å². The van der Waals surface area contributed by atoms with E-state index in [0.29, 0.717) is 6.54 Å². The van der Waals surface area contributed by atoms with Crippen molar-refractivity contribution in [1.82, 2.24) is 10.2 Å². The van der Waals surface area contributed by atoms with Crippen molar-refractivity contribution in [2.24, 2.45) is 0 Å². The van der Waals surface area contributed by atoms with Crippen LogP contribution in [0.2, 0.25) is 0 Å². The maximum Gasteiger partial charge on any atom is 0.238 e. The Labute approximate surface area is 125 Å². The number of ether oxygens (including phenoxy) is 1. The fourth-order valence-electron chi connectivity index (χ4n) is 2.11. The van der Waals surface area contributed by atoms with E-state index in [1.54, 1.807) is 6.92 Å². The monoisotopic (exact) mass is 296 g/mol. The molecule has 2 rings (SSSR count). The highest BCUT2D eigenvalue weighted by Gasteiger charge is 2.11. The second kappa shape index (κ2) is 7.62. The molecule has 0 unspecified atom stereocenters. The van der Waals surface area contributed by atoms with Gasteiger partial charge in [-0.3, -0.25) is 9.69 Å². The molecule has 0 aliphatic carbocycles. The van der Waals surface area contributed by atoms with Crippen LogP contribution in [-0.4, -0.2) is 42.5 Å². The molecule has 1 amide bonds. The predicted molar refractivity (Wildman–Crippen MR) is 79.7 cm³/mol. The summed E-state index contributed by atoms with van der Waals surface area (Å²) in [7, 11) is 0. The van der Waals surface area contributed by atoms with Crippen LogP contribution in [-0.2, 0) is 22.6 Å². The Balaban J connectivity index is 1.81. The summed E-state index contributed by atoms with van der Waals surface area (Å²) < 4.78 is 5.34. The number of benzene rings is 1. The minimum Gasteiger partial charge on any atom is -0.379 e. The van der Waals surface area contributed by atoms with Crippen LogP contribution in [0.3, 0.4) is 0 Å². The zero-order valence-corrected chi connectivity index (χ0v) is 12.5. The van der Waals surface area contributed by atoms with Gasteiger partial charge in [-0.05, 0) is 18.1 Å². The number of nitrogens with one attached hydrogen (secondary N) is 1. The first kappa shape index (κ1) is 15.3. The molecule has 5 heteroatoms. The van der Waals surface area contributed by atoms with Crippen LogP contribution in [0, 0.1) is 0 Å². The molecule has 1 aromatic carbocycles. The van der Waals surface area contributed by atoms with Gasteiger partial charge in [0.1, 0.15) is 5.38 Å². The molecule has 0 saturated carbocycles. The number of amides is 1. The van der Waals surface area contributed by atoms with Gasteiger partial charge >= 0.3 is 0 Å². The number of rotatable bonds is 5. The third kappa shape index (κ3) is 4.78. The second-order valence-electron chi connectivity index (χ2n) is 5.04. The van der Waals surface area contributed by atoms with Crippen molar-refractivity contribution in [2.45, 2.75) is 25.4 Å². The maximum absolute atomic E-state index is 11.4. The number of nitrogens with zero attached hydrogens (tertiary/aromatic N) is 1. The molecule has 1 N–H and O–H groups in total. The van der Waals surface area contributed by atoms with Crippen LogP contribution in [0.25, 0.3) is 0 Å². The summed E-state index contributed by atoms with van der Waals surface area (Å²) in [6.45, 7) is 6.77. The van der Waals surface area contributed by atoms with Crippen molar-refractivity contribution < 1.29 is 9.53 Å². The molecule has 0 spiro atoms. The first-order valence-corrected chi connectivity index (χ1v) is 7.38. The molecule has 1 aromatic rings. The Hall–Kier alpha value is -1.10. The summed E-state index contributed by atoms with van der Waals surface area (Å²) in [4.78, 5) is 13.8. The van der Waals surface area contributed by atoms with Gasteiger partial charge in [0.2, 0.25) is 5.91 Å². The summed E-state index contributed by atoms with van der Waals surface area (Å²) in [5, 5.41) is 2.31.